The van der Waals surface area contributed by atoms with Gasteiger partial charge in [-0.25, -0.2) is 4.98 Å². The van der Waals surface area contributed by atoms with Crippen molar-refractivity contribution < 1.29 is 0 Å². The van der Waals surface area contributed by atoms with Gasteiger partial charge in [0.2, 0.25) is 0 Å². The molecular formula is C16H16N4. The summed E-state index contributed by atoms with van der Waals surface area (Å²) in [6.45, 7) is 0.835. The van der Waals surface area contributed by atoms with Crippen LogP contribution in [0.3, 0.4) is 0 Å². The number of nitrogen functional groups attached to an aromatic ring is 1. The van der Waals surface area contributed by atoms with E-state index in [-0.39, 0.29) is 0 Å². The summed E-state index contributed by atoms with van der Waals surface area (Å²) >= 11 is 0. The van der Waals surface area contributed by atoms with E-state index in [1.165, 1.54) is 10.9 Å². The molecule has 3 N–H and O–H groups in total. The number of anilines is 2. The van der Waals surface area contributed by atoms with Crippen LogP contribution >= 0.6 is 0 Å². The molecule has 0 aliphatic carbocycles. The minimum absolute atomic E-state index is 0.536. The van der Waals surface area contributed by atoms with Crippen molar-refractivity contribution in [2.45, 2.75) is 6.42 Å². The van der Waals surface area contributed by atoms with Crippen LogP contribution < -0.4 is 11.1 Å². The van der Waals surface area contributed by atoms with Crippen LogP contribution in [0.15, 0.2) is 54.9 Å². The van der Waals surface area contributed by atoms with E-state index in [9.17, 15) is 0 Å². The highest BCUT2D eigenvalue weighted by molar-refractivity contribution is 5.81. The van der Waals surface area contributed by atoms with Gasteiger partial charge in [-0.2, -0.15) is 0 Å². The number of para-hydroxylation sites is 1. The molecule has 0 radical (unpaired) electrons. The van der Waals surface area contributed by atoms with E-state index in [0.29, 0.717) is 5.82 Å². The molecule has 0 aliphatic rings. The van der Waals surface area contributed by atoms with Crippen LogP contribution in [0.5, 0.6) is 0 Å². The molecule has 0 bridgehead atoms. The third-order valence-electron chi connectivity index (χ3n) is 3.23. The minimum atomic E-state index is 0.536. The van der Waals surface area contributed by atoms with Gasteiger partial charge in [-0.15, -0.1) is 0 Å². The summed E-state index contributed by atoms with van der Waals surface area (Å²) in [6.07, 6.45) is 4.50. The fourth-order valence-corrected chi connectivity index (χ4v) is 2.22. The summed E-state index contributed by atoms with van der Waals surface area (Å²) < 4.78 is 0. The molecule has 0 spiro atoms. The van der Waals surface area contributed by atoms with Crippen LogP contribution in [0.1, 0.15) is 5.56 Å². The number of pyridine rings is 2. The maximum Gasteiger partial charge on any atom is 0.123 e. The van der Waals surface area contributed by atoms with E-state index in [1.807, 2.05) is 18.3 Å². The largest absolute Gasteiger partial charge is 0.384 e. The molecule has 2 aromatic heterocycles. The Morgan fingerprint density at radius 2 is 1.90 bits per heavy atom. The van der Waals surface area contributed by atoms with Crippen LogP contribution in [0.25, 0.3) is 10.9 Å². The summed E-state index contributed by atoms with van der Waals surface area (Å²) in [7, 11) is 0. The van der Waals surface area contributed by atoms with Gasteiger partial charge < -0.3 is 11.1 Å². The van der Waals surface area contributed by atoms with E-state index in [2.05, 4.69) is 39.6 Å². The van der Waals surface area contributed by atoms with Gasteiger partial charge in [-0.05, 0) is 30.2 Å². The standard InChI is InChI=1S/C16H16N4/c17-15-7-6-14(11-20-15)18-10-8-13-4-1-3-12-5-2-9-19-16(12)13/h1-7,9,11,18H,8,10H2,(H2,17,20). The second kappa shape index (κ2) is 5.57. The highest BCUT2D eigenvalue weighted by atomic mass is 14.9. The first-order chi connectivity index (χ1) is 9.83. The fourth-order valence-electron chi connectivity index (χ4n) is 2.22. The average molecular weight is 264 g/mol. The molecule has 0 amide bonds. The summed E-state index contributed by atoms with van der Waals surface area (Å²) in [4.78, 5) is 8.52. The van der Waals surface area contributed by atoms with Gasteiger partial charge >= 0.3 is 0 Å². The quantitative estimate of drug-likeness (QED) is 0.760. The molecule has 4 nitrogen and oxygen atoms in total. The maximum absolute atomic E-state index is 5.56. The molecular weight excluding hydrogens is 248 g/mol. The second-order valence-corrected chi connectivity index (χ2v) is 4.64. The number of hydrogen-bond acceptors (Lipinski definition) is 4. The second-order valence-electron chi connectivity index (χ2n) is 4.64. The lowest BCUT2D eigenvalue weighted by Gasteiger charge is -2.08. The predicted molar refractivity (Wildman–Crippen MR) is 82.6 cm³/mol. The summed E-state index contributed by atoms with van der Waals surface area (Å²) in [5.41, 5.74) is 8.87. The Morgan fingerprint density at radius 3 is 2.75 bits per heavy atom. The molecule has 20 heavy (non-hydrogen) atoms. The third-order valence-corrected chi connectivity index (χ3v) is 3.23. The van der Waals surface area contributed by atoms with Crippen molar-refractivity contribution in [1.82, 2.24) is 9.97 Å². The zero-order chi connectivity index (χ0) is 13.8. The molecule has 0 saturated carbocycles. The smallest absolute Gasteiger partial charge is 0.123 e. The lowest BCUT2D eigenvalue weighted by molar-refractivity contribution is 1.02. The molecule has 0 atom stereocenters. The van der Waals surface area contributed by atoms with Crippen LogP contribution in [-0.2, 0) is 6.42 Å². The van der Waals surface area contributed by atoms with Crippen LogP contribution in [-0.4, -0.2) is 16.5 Å². The Labute approximate surface area is 117 Å². The topological polar surface area (TPSA) is 63.8 Å². The molecule has 3 aromatic rings. The van der Waals surface area contributed by atoms with E-state index in [1.54, 1.807) is 12.3 Å². The Hall–Kier alpha value is -2.62. The van der Waals surface area contributed by atoms with E-state index in [4.69, 9.17) is 5.73 Å². The number of fused-ring (bicyclic) bond motifs is 1. The van der Waals surface area contributed by atoms with Crippen LogP contribution in [0, 0.1) is 0 Å². The van der Waals surface area contributed by atoms with Gasteiger partial charge in [0.1, 0.15) is 5.82 Å². The Bertz CT molecular complexity index is 702. The van der Waals surface area contributed by atoms with Crippen LogP contribution in [0.4, 0.5) is 11.5 Å². The summed E-state index contributed by atoms with van der Waals surface area (Å²) in [6, 6.07) is 14.1. The first-order valence-corrected chi connectivity index (χ1v) is 6.61. The number of rotatable bonds is 4. The zero-order valence-corrected chi connectivity index (χ0v) is 11.1. The molecule has 4 heteroatoms. The van der Waals surface area contributed by atoms with Gasteiger partial charge in [-0.1, -0.05) is 24.3 Å². The molecule has 3 rings (SSSR count). The lowest BCUT2D eigenvalue weighted by Crippen LogP contribution is -2.06. The number of aromatic nitrogens is 2. The van der Waals surface area contributed by atoms with Crippen molar-refractivity contribution in [3.63, 3.8) is 0 Å². The van der Waals surface area contributed by atoms with E-state index < -0.39 is 0 Å². The summed E-state index contributed by atoms with van der Waals surface area (Å²) in [5, 5.41) is 4.52. The first-order valence-electron chi connectivity index (χ1n) is 6.61. The molecule has 2 heterocycles. The molecule has 1 aromatic carbocycles. The highest BCUT2D eigenvalue weighted by Gasteiger charge is 2.01. The van der Waals surface area contributed by atoms with Gasteiger partial charge in [0.05, 0.1) is 17.4 Å². The molecule has 100 valence electrons. The molecule has 0 fully saturated rings. The van der Waals surface area contributed by atoms with Crippen molar-refractivity contribution in [3.8, 4) is 0 Å². The monoisotopic (exact) mass is 264 g/mol. The number of nitrogens with one attached hydrogen (secondary N) is 1. The molecule has 0 aliphatic heterocycles. The summed E-state index contributed by atoms with van der Waals surface area (Å²) in [5.74, 6) is 0.536. The number of nitrogens with zero attached hydrogens (tertiary/aromatic N) is 2. The minimum Gasteiger partial charge on any atom is -0.384 e. The number of nitrogens with two attached hydrogens (primary N) is 1. The van der Waals surface area contributed by atoms with Gasteiger partial charge in [0.15, 0.2) is 0 Å². The van der Waals surface area contributed by atoms with Crippen molar-refractivity contribution in [1.29, 1.82) is 0 Å². The normalized spacial score (nSPS) is 10.6. The van der Waals surface area contributed by atoms with E-state index >= 15 is 0 Å². The predicted octanol–water partition coefficient (Wildman–Crippen LogP) is 2.87. The van der Waals surface area contributed by atoms with Crippen molar-refractivity contribution >= 4 is 22.4 Å². The Balaban J connectivity index is 1.69. The average Bonchev–Trinajstić information content (AvgIpc) is 2.49. The SMILES string of the molecule is Nc1ccc(NCCc2cccc3cccnc23)cn1. The van der Waals surface area contributed by atoms with Crippen molar-refractivity contribution in [3.05, 3.63) is 60.4 Å². The molecule has 0 unspecified atom stereocenters. The third kappa shape index (κ3) is 2.69. The first kappa shape index (κ1) is 12.4. The Morgan fingerprint density at radius 1 is 1.00 bits per heavy atom. The van der Waals surface area contributed by atoms with Gasteiger partial charge in [-0.3, -0.25) is 4.98 Å². The van der Waals surface area contributed by atoms with Gasteiger partial charge in [0.25, 0.3) is 0 Å². The van der Waals surface area contributed by atoms with E-state index in [0.717, 1.165) is 24.2 Å². The van der Waals surface area contributed by atoms with Crippen molar-refractivity contribution in [2.24, 2.45) is 0 Å². The highest BCUT2D eigenvalue weighted by Crippen LogP contribution is 2.16. The molecule has 0 saturated heterocycles. The lowest BCUT2D eigenvalue weighted by atomic mass is 10.1. The van der Waals surface area contributed by atoms with Gasteiger partial charge in [0, 0.05) is 18.1 Å². The Kier molecular flexibility index (Phi) is 3.46. The fraction of sp³-hybridized carbons (Fsp3) is 0.125. The number of hydrogen-bond donors (Lipinski definition) is 2. The maximum atomic E-state index is 5.56. The number of benzene rings is 1. The zero-order valence-electron chi connectivity index (χ0n) is 11.1. The van der Waals surface area contributed by atoms with Crippen LogP contribution in [0.2, 0.25) is 0 Å². The van der Waals surface area contributed by atoms with Crippen molar-refractivity contribution in [2.75, 3.05) is 17.6 Å².